The maximum absolute atomic E-state index is 12.1. The first-order chi connectivity index (χ1) is 10.00. The summed E-state index contributed by atoms with van der Waals surface area (Å²) in [6.45, 7) is 3.83. The van der Waals surface area contributed by atoms with Crippen LogP contribution in [0.4, 0.5) is 0 Å². The van der Waals surface area contributed by atoms with E-state index in [1.807, 2.05) is 26.0 Å². The fourth-order valence-electron chi connectivity index (χ4n) is 2.45. The highest BCUT2D eigenvalue weighted by Gasteiger charge is 2.27. The molecule has 0 bridgehead atoms. The molecule has 1 aromatic carbocycles. The Kier molecular flexibility index (Phi) is 3.01. The van der Waals surface area contributed by atoms with Crippen molar-refractivity contribution in [2.75, 3.05) is 0 Å². The van der Waals surface area contributed by atoms with Crippen LogP contribution in [0.5, 0.6) is 5.75 Å². The summed E-state index contributed by atoms with van der Waals surface area (Å²) in [5.41, 5.74) is 1.45. The number of aromatic nitrogens is 1. The second-order valence-electron chi connectivity index (χ2n) is 5.52. The summed E-state index contributed by atoms with van der Waals surface area (Å²) < 4.78 is 7.49. The fourth-order valence-corrected chi connectivity index (χ4v) is 2.45. The zero-order valence-electron chi connectivity index (χ0n) is 11.9. The number of benzene rings is 1. The summed E-state index contributed by atoms with van der Waals surface area (Å²) in [6.07, 6.45) is 4.42. The molecule has 4 nitrogen and oxygen atoms in total. The molecule has 0 amide bonds. The number of fused-ring (bicyclic) bond motifs is 1. The summed E-state index contributed by atoms with van der Waals surface area (Å²) >= 11 is 0. The van der Waals surface area contributed by atoms with Crippen molar-refractivity contribution < 1.29 is 9.53 Å². The predicted octanol–water partition coefficient (Wildman–Crippen LogP) is 2.72. The third-order valence-corrected chi connectivity index (χ3v) is 3.36. The van der Waals surface area contributed by atoms with Crippen molar-refractivity contribution in [2.24, 2.45) is 0 Å². The van der Waals surface area contributed by atoms with Gasteiger partial charge in [-0.1, -0.05) is 12.1 Å². The molecule has 0 unspecified atom stereocenters. The second kappa shape index (κ2) is 4.74. The summed E-state index contributed by atoms with van der Waals surface area (Å²) in [7, 11) is 0. The highest BCUT2D eigenvalue weighted by Crippen LogP contribution is 2.36. The average Bonchev–Trinajstić information content (AvgIpc) is 2.45. The second-order valence-corrected chi connectivity index (χ2v) is 5.52. The summed E-state index contributed by atoms with van der Waals surface area (Å²) in [4.78, 5) is 23.0. The number of nitrogens with zero attached hydrogens (tertiary/aromatic N) is 1. The highest BCUT2D eigenvalue weighted by molar-refractivity contribution is 5.80. The van der Waals surface area contributed by atoms with Gasteiger partial charge >= 0.3 is 0 Å². The molecule has 0 spiro atoms. The van der Waals surface area contributed by atoms with Crippen molar-refractivity contribution in [3.8, 4) is 5.75 Å². The Labute approximate surface area is 122 Å². The molecule has 2 heterocycles. The molecule has 1 aliphatic rings. The number of aldehydes is 1. The number of rotatable bonds is 2. The van der Waals surface area contributed by atoms with E-state index in [2.05, 4.69) is 0 Å². The lowest BCUT2D eigenvalue weighted by molar-refractivity contribution is 0.112. The SMILES string of the molecule is CC1(C)C=C(n2ccccc2=O)c2ccc(C=O)cc2O1. The molecule has 3 rings (SSSR count). The van der Waals surface area contributed by atoms with Gasteiger partial charge in [0, 0.05) is 23.4 Å². The van der Waals surface area contributed by atoms with Crippen LogP contribution in [0, 0.1) is 0 Å². The molecule has 4 heteroatoms. The van der Waals surface area contributed by atoms with E-state index in [-0.39, 0.29) is 5.56 Å². The van der Waals surface area contributed by atoms with E-state index in [1.54, 1.807) is 35.0 Å². The van der Waals surface area contributed by atoms with E-state index >= 15 is 0 Å². The third-order valence-electron chi connectivity index (χ3n) is 3.36. The number of carbonyl (C=O) groups is 1. The molecule has 0 N–H and O–H groups in total. The number of carbonyl (C=O) groups excluding carboxylic acids is 1. The van der Waals surface area contributed by atoms with Crippen LogP contribution in [0.3, 0.4) is 0 Å². The lowest BCUT2D eigenvalue weighted by atomic mass is 9.98. The molecule has 1 aliphatic heterocycles. The number of ether oxygens (including phenoxy) is 1. The molecule has 0 saturated heterocycles. The minimum atomic E-state index is -0.556. The average molecular weight is 281 g/mol. The first kappa shape index (κ1) is 13.4. The van der Waals surface area contributed by atoms with Gasteiger partial charge in [0.25, 0.3) is 5.56 Å². The Hall–Kier alpha value is -2.62. The van der Waals surface area contributed by atoms with Crippen LogP contribution >= 0.6 is 0 Å². The van der Waals surface area contributed by atoms with Crippen LogP contribution in [0.1, 0.15) is 29.8 Å². The quantitative estimate of drug-likeness (QED) is 0.795. The van der Waals surface area contributed by atoms with Gasteiger partial charge < -0.3 is 4.74 Å². The van der Waals surface area contributed by atoms with Gasteiger partial charge in [-0.3, -0.25) is 14.2 Å². The molecule has 0 fully saturated rings. The van der Waals surface area contributed by atoms with Gasteiger partial charge in [0.1, 0.15) is 17.6 Å². The molecular formula is C17H15NO3. The maximum Gasteiger partial charge on any atom is 0.255 e. The van der Waals surface area contributed by atoms with Crippen molar-refractivity contribution in [1.82, 2.24) is 4.57 Å². The zero-order valence-corrected chi connectivity index (χ0v) is 11.9. The van der Waals surface area contributed by atoms with Gasteiger partial charge in [-0.15, -0.1) is 0 Å². The molecular weight excluding hydrogens is 266 g/mol. The largest absolute Gasteiger partial charge is 0.483 e. The van der Waals surface area contributed by atoms with Crippen LogP contribution < -0.4 is 10.3 Å². The Balaban J connectivity index is 2.25. The Morgan fingerprint density at radius 3 is 2.71 bits per heavy atom. The zero-order chi connectivity index (χ0) is 15.0. The Morgan fingerprint density at radius 1 is 1.19 bits per heavy atom. The first-order valence-electron chi connectivity index (χ1n) is 6.70. The molecule has 0 atom stereocenters. The number of hydrogen-bond acceptors (Lipinski definition) is 3. The van der Waals surface area contributed by atoms with Crippen LogP contribution in [0.2, 0.25) is 0 Å². The lowest BCUT2D eigenvalue weighted by Gasteiger charge is -2.31. The molecule has 0 radical (unpaired) electrons. The lowest BCUT2D eigenvalue weighted by Crippen LogP contribution is -2.32. The van der Waals surface area contributed by atoms with E-state index in [0.29, 0.717) is 11.3 Å². The van der Waals surface area contributed by atoms with E-state index in [0.717, 1.165) is 17.5 Å². The Morgan fingerprint density at radius 2 is 2.00 bits per heavy atom. The number of pyridine rings is 1. The fraction of sp³-hybridized carbons (Fsp3) is 0.176. The normalized spacial score (nSPS) is 15.6. The van der Waals surface area contributed by atoms with Crippen molar-refractivity contribution in [3.63, 3.8) is 0 Å². The first-order valence-corrected chi connectivity index (χ1v) is 6.70. The summed E-state index contributed by atoms with van der Waals surface area (Å²) in [5.74, 6) is 0.609. The smallest absolute Gasteiger partial charge is 0.255 e. The molecule has 21 heavy (non-hydrogen) atoms. The van der Waals surface area contributed by atoms with Gasteiger partial charge in [-0.2, -0.15) is 0 Å². The van der Waals surface area contributed by atoms with Gasteiger partial charge in [-0.05, 0) is 38.1 Å². The monoisotopic (exact) mass is 281 g/mol. The van der Waals surface area contributed by atoms with Crippen LogP contribution in [-0.2, 0) is 0 Å². The van der Waals surface area contributed by atoms with Gasteiger partial charge in [0.2, 0.25) is 0 Å². The van der Waals surface area contributed by atoms with Gasteiger partial charge in [-0.25, -0.2) is 0 Å². The van der Waals surface area contributed by atoms with Gasteiger partial charge in [0.15, 0.2) is 0 Å². The minimum Gasteiger partial charge on any atom is -0.483 e. The standard InChI is InChI=1S/C17H15NO3/c1-17(2)10-14(18-8-4-3-5-16(18)20)13-7-6-12(11-19)9-15(13)21-17/h3-11H,1-2H3. The van der Waals surface area contributed by atoms with Crippen LogP contribution in [-0.4, -0.2) is 16.5 Å². The maximum atomic E-state index is 12.1. The molecule has 0 saturated carbocycles. The van der Waals surface area contributed by atoms with E-state index in [9.17, 15) is 9.59 Å². The summed E-state index contributed by atoms with van der Waals surface area (Å²) in [5, 5.41) is 0. The number of hydrogen-bond donors (Lipinski definition) is 0. The van der Waals surface area contributed by atoms with E-state index in [4.69, 9.17) is 4.74 Å². The summed E-state index contributed by atoms with van der Waals surface area (Å²) in [6, 6.07) is 10.3. The highest BCUT2D eigenvalue weighted by atomic mass is 16.5. The topological polar surface area (TPSA) is 48.3 Å². The van der Waals surface area contributed by atoms with Crippen molar-refractivity contribution in [1.29, 1.82) is 0 Å². The van der Waals surface area contributed by atoms with Crippen LogP contribution in [0.25, 0.3) is 5.70 Å². The molecule has 106 valence electrons. The molecule has 1 aromatic heterocycles. The van der Waals surface area contributed by atoms with Crippen LogP contribution in [0.15, 0.2) is 53.5 Å². The molecule has 2 aromatic rings. The van der Waals surface area contributed by atoms with E-state index < -0.39 is 5.60 Å². The van der Waals surface area contributed by atoms with Gasteiger partial charge in [0.05, 0.1) is 5.70 Å². The molecule has 0 aliphatic carbocycles. The predicted molar refractivity (Wildman–Crippen MR) is 80.6 cm³/mol. The Bertz CT molecular complexity index is 800. The third kappa shape index (κ3) is 2.40. The van der Waals surface area contributed by atoms with Crippen molar-refractivity contribution in [2.45, 2.75) is 19.4 Å². The minimum absolute atomic E-state index is 0.105. The van der Waals surface area contributed by atoms with Crippen molar-refractivity contribution in [3.05, 3.63) is 70.2 Å². The van der Waals surface area contributed by atoms with Crippen molar-refractivity contribution >= 4 is 12.0 Å². The van der Waals surface area contributed by atoms with E-state index in [1.165, 1.54) is 6.07 Å².